The van der Waals surface area contributed by atoms with Crippen molar-refractivity contribution in [1.82, 2.24) is 19.2 Å². The Kier molecular flexibility index (Phi) is 5.83. The SMILES string of the molecule is Cc1ccc(C)c(NC(=O)N2Cc3c(C)nn(-c4ccccc4)c3-n3cccc3C2c2ccc(F)cc2)c1. The van der Waals surface area contributed by atoms with Gasteiger partial charge in [0, 0.05) is 17.4 Å². The summed E-state index contributed by atoms with van der Waals surface area (Å²) in [5.74, 6) is 0.575. The van der Waals surface area contributed by atoms with E-state index >= 15 is 0 Å². The van der Waals surface area contributed by atoms with Gasteiger partial charge in [-0.3, -0.25) is 0 Å². The van der Waals surface area contributed by atoms with Gasteiger partial charge in [-0.05, 0) is 79.9 Å². The molecule has 1 N–H and O–H groups in total. The normalized spacial score (nSPS) is 14.5. The molecule has 0 fully saturated rings. The van der Waals surface area contributed by atoms with Gasteiger partial charge in [0.2, 0.25) is 0 Å². The number of para-hydroxylation sites is 1. The summed E-state index contributed by atoms with van der Waals surface area (Å²) in [6, 6.07) is 25.7. The summed E-state index contributed by atoms with van der Waals surface area (Å²) >= 11 is 0. The fourth-order valence-corrected chi connectivity index (χ4v) is 5.20. The van der Waals surface area contributed by atoms with Crippen LogP contribution in [0.1, 0.15) is 39.7 Å². The molecule has 5 aromatic rings. The highest BCUT2D eigenvalue weighted by Gasteiger charge is 2.36. The van der Waals surface area contributed by atoms with Gasteiger partial charge in [0.05, 0.1) is 29.7 Å². The molecule has 0 saturated heterocycles. The molecule has 1 unspecified atom stereocenters. The highest BCUT2D eigenvalue weighted by atomic mass is 19.1. The minimum absolute atomic E-state index is 0.236. The molecule has 38 heavy (non-hydrogen) atoms. The van der Waals surface area contributed by atoms with Crippen LogP contribution in [0.5, 0.6) is 0 Å². The molecule has 0 aliphatic carbocycles. The van der Waals surface area contributed by atoms with Gasteiger partial charge in [0.1, 0.15) is 11.6 Å². The molecule has 3 heterocycles. The summed E-state index contributed by atoms with van der Waals surface area (Å²) in [5.41, 5.74) is 7.25. The number of hydrogen-bond acceptors (Lipinski definition) is 2. The summed E-state index contributed by atoms with van der Waals surface area (Å²) in [4.78, 5) is 15.9. The Bertz CT molecular complexity index is 1640. The molecular weight excluding hydrogens is 477 g/mol. The van der Waals surface area contributed by atoms with E-state index in [0.717, 1.165) is 50.8 Å². The van der Waals surface area contributed by atoms with Gasteiger partial charge < -0.3 is 14.8 Å². The second-order valence-electron chi connectivity index (χ2n) is 9.77. The Morgan fingerprint density at radius 3 is 2.47 bits per heavy atom. The zero-order valence-corrected chi connectivity index (χ0v) is 21.5. The zero-order valence-electron chi connectivity index (χ0n) is 21.5. The highest BCUT2D eigenvalue weighted by Crippen LogP contribution is 2.39. The third-order valence-electron chi connectivity index (χ3n) is 7.17. The van der Waals surface area contributed by atoms with Crippen LogP contribution in [0.15, 0.2) is 91.1 Å². The van der Waals surface area contributed by atoms with Crippen molar-refractivity contribution in [3.63, 3.8) is 0 Å². The number of carbonyl (C=O) groups is 1. The number of hydrogen-bond donors (Lipinski definition) is 1. The largest absolute Gasteiger partial charge is 0.322 e. The first-order valence-electron chi connectivity index (χ1n) is 12.6. The van der Waals surface area contributed by atoms with Crippen molar-refractivity contribution in [2.45, 2.75) is 33.4 Å². The standard InChI is InChI=1S/C31H28FN5O/c1-20-11-12-21(2)27(18-20)33-31(38)36-19-26-22(3)34-37(25-8-5-4-6-9-25)30(26)35-17-7-10-28(35)29(36)23-13-15-24(32)16-14-23/h4-18,29H,19H2,1-3H3,(H,33,38). The number of nitrogens with one attached hydrogen (secondary N) is 1. The van der Waals surface area contributed by atoms with Gasteiger partial charge in [-0.1, -0.05) is 42.5 Å². The Morgan fingerprint density at radius 2 is 1.71 bits per heavy atom. The molecule has 190 valence electrons. The molecule has 0 radical (unpaired) electrons. The molecular formula is C31H28FN5O. The third-order valence-corrected chi connectivity index (χ3v) is 7.17. The van der Waals surface area contributed by atoms with E-state index in [9.17, 15) is 9.18 Å². The van der Waals surface area contributed by atoms with Crippen LogP contribution in [0.3, 0.4) is 0 Å². The van der Waals surface area contributed by atoms with E-state index in [1.807, 2.05) is 97.2 Å². The van der Waals surface area contributed by atoms with Crippen LogP contribution in [0.2, 0.25) is 0 Å². The lowest BCUT2D eigenvalue weighted by Crippen LogP contribution is -2.38. The number of aryl methyl sites for hydroxylation is 3. The lowest BCUT2D eigenvalue weighted by atomic mass is 10.0. The molecule has 1 aliphatic rings. The minimum atomic E-state index is -0.452. The second kappa shape index (κ2) is 9.34. The molecule has 2 aromatic heterocycles. The van der Waals surface area contributed by atoms with Gasteiger partial charge in [-0.25, -0.2) is 13.9 Å². The van der Waals surface area contributed by atoms with Crippen LogP contribution in [0, 0.1) is 26.6 Å². The van der Waals surface area contributed by atoms with Crippen molar-refractivity contribution >= 4 is 11.7 Å². The smallest absolute Gasteiger partial charge is 0.308 e. The first kappa shape index (κ1) is 23.7. The maximum Gasteiger partial charge on any atom is 0.322 e. The first-order chi connectivity index (χ1) is 18.4. The predicted molar refractivity (Wildman–Crippen MR) is 146 cm³/mol. The number of anilines is 1. The van der Waals surface area contributed by atoms with Crippen molar-refractivity contribution in [2.24, 2.45) is 0 Å². The lowest BCUT2D eigenvalue weighted by molar-refractivity contribution is 0.194. The Balaban J connectivity index is 1.54. The molecule has 6 nitrogen and oxygen atoms in total. The molecule has 0 bridgehead atoms. The average molecular weight is 506 g/mol. The van der Waals surface area contributed by atoms with Gasteiger partial charge in [0.15, 0.2) is 0 Å². The maximum absolute atomic E-state index is 14.1. The van der Waals surface area contributed by atoms with E-state index in [1.54, 1.807) is 12.1 Å². The summed E-state index contributed by atoms with van der Waals surface area (Å²) in [6.45, 7) is 6.28. The monoisotopic (exact) mass is 505 g/mol. The summed E-state index contributed by atoms with van der Waals surface area (Å²) in [7, 11) is 0. The first-order valence-corrected chi connectivity index (χ1v) is 12.6. The summed E-state index contributed by atoms with van der Waals surface area (Å²) in [5, 5.41) is 8.03. The Labute approximate surface area is 221 Å². The van der Waals surface area contributed by atoms with Crippen molar-refractivity contribution in [3.8, 4) is 11.5 Å². The fourth-order valence-electron chi connectivity index (χ4n) is 5.20. The van der Waals surface area contributed by atoms with Crippen LogP contribution < -0.4 is 5.32 Å². The number of fused-ring (bicyclic) bond motifs is 3. The molecule has 7 heteroatoms. The Morgan fingerprint density at radius 1 is 0.947 bits per heavy atom. The molecule has 2 amide bonds. The van der Waals surface area contributed by atoms with E-state index in [-0.39, 0.29) is 11.8 Å². The van der Waals surface area contributed by atoms with Crippen molar-refractivity contribution < 1.29 is 9.18 Å². The molecule has 6 rings (SSSR count). The number of nitrogens with zero attached hydrogens (tertiary/aromatic N) is 4. The number of carbonyl (C=O) groups excluding carboxylic acids is 1. The molecule has 0 saturated carbocycles. The van der Waals surface area contributed by atoms with Crippen LogP contribution in [0.4, 0.5) is 14.9 Å². The van der Waals surface area contributed by atoms with Crippen LogP contribution in [0.25, 0.3) is 11.5 Å². The topological polar surface area (TPSA) is 55.1 Å². The van der Waals surface area contributed by atoms with Crippen molar-refractivity contribution in [3.05, 3.63) is 131 Å². The Hall–Kier alpha value is -4.65. The number of aromatic nitrogens is 3. The molecule has 0 spiro atoms. The highest BCUT2D eigenvalue weighted by molar-refractivity contribution is 5.91. The zero-order chi connectivity index (χ0) is 26.4. The van der Waals surface area contributed by atoms with E-state index in [1.165, 1.54) is 12.1 Å². The number of benzene rings is 3. The van der Waals surface area contributed by atoms with E-state index in [2.05, 4.69) is 9.88 Å². The van der Waals surface area contributed by atoms with Gasteiger partial charge in [0.25, 0.3) is 0 Å². The third kappa shape index (κ3) is 4.06. The van der Waals surface area contributed by atoms with Crippen molar-refractivity contribution in [2.75, 3.05) is 5.32 Å². The molecule has 1 aliphatic heterocycles. The number of urea groups is 1. The quantitative estimate of drug-likeness (QED) is 0.291. The number of amides is 2. The maximum atomic E-state index is 14.1. The summed E-state index contributed by atoms with van der Waals surface area (Å²) < 4.78 is 18.0. The fraction of sp³-hybridized carbons (Fsp3) is 0.161. The lowest BCUT2D eigenvalue weighted by Gasteiger charge is -2.31. The van der Waals surface area contributed by atoms with Crippen molar-refractivity contribution in [1.29, 1.82) is 0 Å². The van der Waals surface area contributed by atoms with E-state index in [0.29, 0.717) is 6.54 Å². The van der Waals surface area contributed by atoms with Gasteiger partial charge >= 0.3 is 6.03 Å². The van der Waals surface area contributed by atoms with Crippen LogP contribution >= 0.6 is 0 Å². The average Bonchev–Trinajstić information content (AvgIpc) is 3.48. The number of halogens is 1. The second-order valence-corrected chi connectivity index (χ2v) is 9.77. The molecule has 3 aromatic carbocycles. The van der Waals surface area contributed by atoms with E-state index < -0.39 is 6.04 Å². The number of rotatable bonds is 3. The molecule has 1 atom stereocenters. The minimum Gasteiger partial charge on any atom is -0.308 e. The van der Waals surface area contributed by atoms with Gasteiger partial charge in [-0.2, -0.15) is 5.10 Å². The van der Waals surface area contributed by atoms with Crippen LogP contribution in [-0.2, 0) is 6.54 Å². The predicted octanol–water partition coefficient (Wildman–Crippen LogP) is 6.86. The summed E-state index contributed by atoms with van der Waals surface area (Å²) in [6.07, 6.45) is 2.00. The van der Waals surface area contributed by atoms with Crippen LogP contribution in [-0.4, -0.2) is 25.3 Å². The van der Waals surface area contributed by atoms with Gasteiger partial charge in [-0.15, -0.1) is 0 Å². The van der Waals surface area contributed by atoms with E-state index in [4.69, 9.17) is 5.10 Å².